The van der Waals surface area contributed by atoms with Crippen LogP contribution in [0.25, 0.3) is 16.9 Å². The molecule has 0 saturated carbocycles. The van der Waals surface area contributed by atoms with Crippen molar-refractivity contribution in [2.75, 3.05) is 31.1 Å². The molecule has 0 aliphatic carbocycles. The molecule has 0 spiro atoms. The average Bonchev–Trinajstić information content (AvgIpc) is 3.36. The van der Waals surface area contributed by atoms with E-state index in [1.54, 1.807) is 12.4 Å². The summed E-state index contributed by atoms with van der Waals surface area (Å²) < 4.78 is 12.9. The van der Waals surface area contributed by atoms with Crippen LogP contribution in [0.4, 0.5) is 11.5 Å². The number of rotatable bonds is 5. The summed E-state index contributed by atoms with van der Waals surface area (Å²) in [7, 11) is 4.06. The summed E-state index contributed by atoms with van der Waals surface area (Å²) in [5.74, 6) is 2.50. The van der Waals surface area contributed by atoms with Crippen LogP contribution in [0.15, 0.2) is 61.1 Å². The standard InChI is InChI=1S/C22H21N5O2/c1-26(2)17-6-4-16(5-7-17)21-22(27-10-9-23-13-20(27)25-21)24-12-15-3-8-18-19(11-15)29-14-28-18/h3-11,13,24H,12,14H2,1-2H3. The van der Waals surface area contributed by atoms with Crippen molar-refractivity contribution >= 4 is 17.2 Å². The number of nitrogens with zero attached hydrogens (tertiary/aromatic N) is 4. The fourth-order valence-electron chi connectivity index (χ4n) is 3.43. The maximum absolute atomic E-state index is 5.49. The third-order valence-electron chi connectivity index (χ3n) is 4.98. The van der Waals surface area contributed by atoms with Gasteiger partial charge in [-0.25, -0.2) is 4.98 Å². The molecule has 3 heterocycles. The maximum Gasteiger partial charge on any atom is 0.231 e. The minimum absolute atomic E-state index is 0.277. The van der Waals surface area contributed by atoms with Crippen molar-refractivity contribution < 1.29 is 9.47 Å². The Kier molecular flexibility index (Phi) is 4.20. The average molecular weight is 387 g/mol. The molecule has 5 rings (SSSR count). The molecule has 0 fully saturated rings. The molecule has 0 amide bonds. The predicted molar refractivity (Wildman–Crippen MR) is 113 cm³/mol. The van der Waals surface area contributed by atoms with Gasteiger partial charge in [-0.3, -0.25) is 9.38 Å². The van der Waals surface area contributed by atoms with E-state index < -0.39 is 0 Å². The first-order valence-corrected chi connectivity index (χ1v) is 9.41. The Morgan fingerprint density at radius 1 is 1.07 bits per heavy atom. The molecule has 146 valence electrons. The van der Waals surface area contributed by atoms with Crippen LogP contribution in [0.1, 0.15) is 5.56 Å². The molecular formula is C22H21N5O2. The van der Waals surface area contributed by atoms with E-state index in [9.17, 15) is 0 Å². The summed E-state index contributed by atoms with van der Waals surface area (Å²) in [5.41, 5.74) is 4.99. The van der Waals surface area contributed by atoms with Gasteiger partial charge in [0.05, 0.1) is 6.20 Å². The van der Waals surface area contributed by atoms with Gasteiger partial charge in [0.25, 0.3) is 0 Å². The molecular weight excluding hydrogens is 366 g/mol. The number of nitrogens with one attached hydrogen (secondary N) is 1. The second-order valence-electron chi connectivity index (χ2n) is 7.10. The zero-order valence-electron chi connectivity index (χ0n) is 16.3. The first kappa shape index (κ1) is 17.4. The highest BCUT2D eigenvalue weighted by molar-refractivity contribution is 5.77. The fraction of sp³-hybridized carbons (Fsp3) is 0.182. The van der Waals surface area contributed by atoms with E-state index in [1.165, 1.54) is 0 Å². The van der Waals surface area contributed by atoms with Crippen LogP contribution in [0.3, 0.4) is 0 Å². The van der Waals surface area contributed by atoms with Gasteiger partial charge in [-0.15, -0.1) is 0 Å². The zero-order valence-corrected chi connectivity index (χ0v) is 16.3. The van der Waals surface area contributed by atoms with Crippen molar-refractivity contribution in [3.63, 3.8) is 0 Å². The Morgan fingerprint density at radius 2 is 1.90 bits per heavy atom. The van der Waals surface area contributed by atoms with Crippen LogP contribution in [0.5, 0.6) is 11.5 Å². The first-order chi connectivity index (χ1) is 14.2. The smallest absolute Gasteiger partial charge is 0.231 e. The summed E-state index contributed by atoms with van der Waals surface area (Å²) in [5, 5.41) is 3.55. The van der Waals surface area contributed by atoms with E-state index in [0.29, 0.717) is 6.54 Å². The number of imidazole rings is 1. The molecule has 1 aliphatic rings. The topological polar surface area (TPSA) is 63.9 Å². The lowest BCUT2D eigenvalue weighted by molar-refractivity contribution is 0.174. The first-order valence-electron chi connectivity index (χ1n) is 9.41. The lowest BCUT2D eigenvalue weighted by Gasteiger charge is -2.13. The summed E-state index contributed by atoms with van der Waals surface area (Å²) >= 11 is 0. The molecule has 2 aromatic heterocycles. The number of aromatic nitrogens is 3. The van der Waals surface area contributed by atoms with Crippen molar-refractivity contribution in [2.24, 2.45) is 0 Å². The third kappa shape index (κ3) is 3.20. The Hall–Kier alpha value is -3.74. The van der Waals surface area contributed by atoms with Gasteiger partial charge >= 0.3 is 0 Å². The minimum Gasteiger partial charge on any atom is -0.454 e. The lowest BCUT2D eigenvalue weighted by Crippen LogP contribution is -2.08. The minimum atomic E-state index is 0.277. The van der Waals surface area contributed by atoms with Gasteiger partial charge in [0.1, 0.15) is 11.5 Å². The lowest BCUT2D eigenvalue weighted by atomic mass is 10.1. The fourth-order valence-corrected chi connectivity index (χ4v) is 3.43. The van der Waals surface area contributed by atoms with Gasteiger partial charge in [0.15, 0.2) is 17.1 Å². The van der Waals surface area contributed by atoms with Crippen molar-refractivity contribution in [2.45, 2.75) is 6.54 Å². The van der Waals surface area contributed by atoms with Gasteiger partial charge in [0, 0.05) is 44.3 Å². The SMILES string of the molecule is CN(C)c1ccc(-c2nc3cnccn3c2NCc2ccc3c(c2)OCO3)cc1. The summed E-state index contributed by atoms with van der Waals surface area (Å²) in [6, 6.07) is 14.4. The van der Waals surface area contributed by atoms with Crippen LogP contribution in [0.2, 0.25) is 0 Å². The molecule has 0 atom stereocenters. The Morgan fingerprint density at radius 3 is 2.72 bits per heavy atom. The molecule has 1 aliphatic heterocycles. The quantitative estimate of drug-likeness (QED) is 0.562. The van der Waals surface area contributed by atoms with Crippen molar-refractivity contribution in [3.8, 4) is 22.8 Å². The molecule has 0 saturated heterocycles. The third-order valence-corrected chi connectivity index (χ3v) is 4.98. The van der Waals surface area contributed by atoms with Gasteiger partial charge < -0.3 is 19.7 Å². The Labute approximate surface area is 168 Å². The zero-order chi connectivity index (χ0) is 19.8. The highest BCUT2D eigenvalue weighted by Crippen LogP contribution is 2.34. The van der Waals surface area contributed by atoms with Crippen LogP contribution in [-0.4, -0.2) is 35.3 Å². The van der Waals surface area contributed by atoms with Gasteiger partial charge in [0.2, 0.25) is 6.79 Å². The van der Waals surface area contributed by atoms with E-state index in [4.69, 9.17) is 14.5 Å². The van der Waals surface area contributed by atoms with Crippen molar-refractivity contribution in [1.29, 1.82) is 0 Å². The van der Waals surface area contributed by atoms with Crippen molar-refractivity contribution in [3.05, 3.63) is 66.6 Å². The van der Waals surface area contributed by atoms with E-state index >= 15 is 0 Å². The normalized spacial score (nSPS) is 12.3. The van der Waals surface area contributed by atoms with Crippen LogP contribution < -0.4 is 19.7 Å². The molecule has 2 aromatic carbocycles. The summed E-state index contributed by atoms with van der Waals surface area (Å²) in [6.07, 6.45) is 5.45. The van der Waals surface area contributed by atoms with Gasteiger partial charge in [-0.05, 0) is 29.8 Å². The predicted octanol–water partition coefficient (Wildman–Crippen LogP) is 3.80. The van der Waals surface area contributed by atoms with Crippen LogP contribution in [-0.2, 0) is 6.54 Å². The highest BCUT2D eigenvalue weighted by atomic mass is 16.7. The molecule has 0 unspecified atom stereocenters. The summed E-state index contributed by atoms with van der Waals surface area (Å²) in [4.78, 5) is 11.1. The number of benzene rings is 2. The van der Waals surface area contributed by atoms with Crippen LogP contribution >= 0.6 is 0 Å². The molecule has 0 radical (unpaired) electrons. The second-order valence-corrected chi connectivity index (χ2v) is 7.10. The van der Waals surface area contributed by atoms with E-state index in [2.05, 4.69) is 39.5 Å². The second kappa shape index (κ2) is 7.01. The molecule has 0 bridgehead atoms. The molecule has 7 nitrogen and oxygen atoms in total. The largest absolute Gasteiger partial charge is 0.454 e. The van der Waals surface area contributed by atoms with Crippen molar-refractivity contribution in [1.82, 2.24) is 14.4 Å². The summed E-state index contributed by atoms with van der Waals surface area (Å²) in [6.45, 7) is 0.912. The van der Waals surface area contributed by atoms with Gasteiger partial charge in [-0.2, -0.15) is 0 Å². The molecule has 7 heteroatoms. The van der Waals surface area contributed by atoms with Crippen LogP contribution in [0, 0.1) is 0 Å². The van der Waals surface area contributed by atoms with Gasteiger partial charge in [-0.1, -0.05) is 18.2 Å². The number of fused-ring (bicyclic) bond motifs is 2. The molecule has 1 N–H and O–H groups in total. The van der Waals surface area contributed by atoms with E-state index in [0.717, 1.165) is 45.5 Å². The van der Waals surface area contributed by atoms with E-state index in [-0.39, 0.29) is 6.79 Å². The monoisotopic (exact) mass is 387 g/mol. The number of hydrogen-bond acceptors (Lipinski definition) is 6. The number of ether oxygens (including phenoxy) is 2. The number of anilines is 2. The number of hydrogen-bond donors (Lipinski definition) is 1. The highest BCUT2D eigenvalue weighted by Gasteiger charge is 2.16. The Balaban J connectivity index is 1.49. The molecule has 29 heavy (non-hydrogen) atoms. The Bertz CT molecular complexity index is 1170. The van der Waals surface area contributed by atoms with E-state index in [1.807, 2.05) is 42.9 Å². The molecule has 4 aromatic rings. The maximum atomic E-state index is 5.49.